The van der Waals surface area contributed by atoms with E-state index < -0.39 is 0 Å². The van der Waals surface area contributed by atoms with Crippen molar-refractivity contribution in [3.05, 3.63) is 63.6 Å². The van der Waals surface area contributed by atoms with Crippen LogP contribution in [0, 0.1) is 6.92 Å². The lowest BCUT2D eigenvalue weighted by atomic mass is 10.2. The van der Waals surface area contributed by atoms with E-state index in [1.807, 2.05) is 31.2 Å². The second-order valence-corrected chi connectivity index (χ2v) is 5.67. The van der Waals surface area contributed by atoms with Crippen molar-refractivity contribution in [3.63, 3.8) is 0 Å². The number of benzene rings is 2. The van der Waals surface area contributed by atoms with Gasteiger partial charge in [0, 0.05) is 10.6 Å². The number of para-hydroxylation sites is 1. The number of aryl methyl sites for hydroxylation is 1. The summed E-state index contributed by atoms with van der Waals surface area (Å²) in [6, 6.07) is 12.7. The van der Waals surface area contributed by atoms with Crippen LogP contribution in [0.25, 0.3) is 0 Å². The van der Waals surface area contributed by atoms with E-state index in [0.29, 0.717) is 15.6 Å². The summed E-state index contributed by atoms with van der Waals surface area (Å²) in [6.07, 6.45) is 1.68. The maximum Gasteiger partial charge on any atom is 0.243 e. The fourth-order valence-electron chi connectivity index (χ4n) is 1.81. The van der Waals surface area contributed by atoms with Crippen molar-refractivity contribution in [1.29, 1.82) is 0 Å². The summed E-state index contributed by atoms with van der Waals surface area (Å²) < 4.78 is 5.56. The van der Waals surface area contributed by atoms with Gasteiger partial charge < -0.3 is 4.74 Å². The fourth-order valence-corrected chi connectivity index (χ4v) is 2.27. The van der Waals surface area contributed by atoms with Crippen LogP contribution in [-0.4, -0.2) is 18.7 Å². The smallest absolute Gasteiger partial charge is 0.243 e. The molecule has 120 valence electrons. The topological polar surface area (TPSA) is 50.7 Å². The molecule has 0 radical (unpaired) electrons. The fraction of sp³-hybridized carbons (Fsp3) is 0.176. The van der Waals surface area contributed by atoms with Crippen LogP contribution in [0.4, 0.5) is 0 Å². The number of carbonyl (C=O) groups excluding carboxylic acids is 1. The summed E-state index contributed by atoms with van der Waals surface area (Å²) in [7, 11) is 0. The van der Waals surface area contributed by atoms with E-state index in [9.17, 15) is 4.79 Å². The minimum Gasteiger partial charge on any atom is -0.493 e. The molecular formula is C17H16Cl2N2O2. The van der Waals surface area contributed by atoms with Crippen LogP contribution in [0.15, 0.2) is 47.6 Å². The molecule has 23 heavy (non-hydrogen) atoms. The van der Waals surface area contributed by atoms with Crippen LogP contribution in [0.5, 0.6) is 5.75 Å². The lowest BCUT2D eigenvalue weighted by molar-refractivity contribution is -0.121. The van der Waals surface area contributed by atoms with Gasteiger partial charge in [0.05, 0.1) is 24.3 Å². The Labute approximate surface area is 145 Å². The van der Waals surface area contributed by atoms with Crippen molar-refractivity contribution in [3.8, 4) is 5.75 Å². The number of hydrazone groups is 1. The first-order chi connectivity index (χ1) is 11.1. The van der Waals surface area contributed by atoms with Crippen LogP contribution in [0.1, 0.15) is 17.5 Å². The Hall–Kier alpha value is -2.04. The van der Waals surface area contributed by atoms with E-state index >= 15 is 0 Å². The summed E-state index contributed by atoms with van der Waals surface area (Å²) in [6.45, 7) is 2.24. The number of rotatable bonds is 6. The highest BCUT2D eigenvalue weighted by Crippen LogP contribution is 2.19. The minimum absolute atomic E-state index is 0.208. The SMILES string of the molecule is Cc1ccccc1OCCC(=O)N/N=C/c1ccc(Cl)cc1Cl. The molecule has 0 aliphatic heterocycles. The molecular weight excluding hydrogens is 335 g/mol. The van der Waals surface area contributed by atoms with Gasteiger partial charge in [-0.25, -0.2) is 5.43 Å². The van der Waals surface area contributed by atoms with E-state index in [2.05, 4.69) is 10.5 Å². The van der Waals surface area contributed by atoms with E-state index in [1.165, 1.54) is 6.21 Å². The quantitative estimate of drug-likeness (QED) is 0.626. The Bertz CT molecular complexity index is 717. The van der Waals surface area contributed by atoms with Gasteiger partial charge in [0.2, 0.25) is 5.91 Å². The molecule has 0 fully saturated rings. The molecule has 2 aromatic carbocycles. The Balaban J connectivity index is 1.77. The first-order valence-corrected chi connectivity index (χ1v) is 7.77. The third-order valence-corrected chi connectivity index (χ3v) is 3.60. The number of amides is 1. The zero-order chi connectivity index (χ0) is 16.7. The Kier molecular flexibility index (Phi) is 6.44. The van der Waals surface area contributed by atoms with Gasteiger partial charge in [-0.15, -0.1) is 0 Å². The van der Waals surface area contributed by atoms with Crippen LogP contribution < -0.4 is 10.2 Å². The summed E-state index contributed by atoms with van der Waals surface area (Å²) in [5.41, 5.74) is 4.14. The average Bonchev–Trinajstić information content (AvgIpc) is 2.51. The lowest BCUT2D eigenvalue weighted by Crippen LogP contribution is -2.20. The molecule has 0 aliphatic rings. The van der Waals surface area contributed by atoms with Crippen LogP contribution in [0.3, 0.4) is 0 Å². The van der Waals surface area contributed by atoms with Crippen LogP contribution in [0.2, 0.25) is 10.0 Å². The van der Waals surface area contributed by atoms with E-state index in [1.54, 1.807) is 18.2 Å². The van der Waals surface area contributed by atoms with Crippen molar-refractivity contribution < 1.29 is 9.53 Å². The largest absolute Gasteiger partial charge is 0.493 e. The average molecular weight is 351 g/mol. The summed E-state index contributed by atoms with van der Waals surface area (Å²) in [5.74, 6) is 0.539. The van der Waals surface area contributed by atoms with Crippen molar-refractivity contribution >= 4 is 35.3 Å². The number of carbonyl (C=O) groups is 1. The molecule has 1 amide bonds. The number of hydrogen-bond acceptors (Lipinski definition) is 3. The second kappa shape index (κ2) is 8.56. The molecule has 2 rings (SSSR count). The molecule has 1 N–H and O–H groups in total. The zero-order valence-corrected chi connectivity index (χ0v) is 14.1. The maximum atomic E-state index is 11.7. The van der Waals surface area contributed by atoms with Crippen molar-refractivity contribution in [1.82, 2.24) is 5.43 Å². The number of hydrogen-bond donors (Lipinski definition) is 1. The Morgan fingerprint density at radius 1 is 1.26 bits per heavy atom. The van der Waals surface area contributed by atoms with Crippen molar-refractivity contribution in [2.45, 2.75) is 13.3 Å². The highest BCUT2D eigenvalue weighted by atomic mass is 35.5. The van der Waals surface area contributed by atoms with Crippen LogP contribution >= 0.6 is 23.2 Å². The molecule has 0 atom stereocenters. The molecule has 0 aliphatic carbocycles. The van der Waals surface area contributed by atoms with Gasteiger partial charge in [0.15, 0.2) is 0 Å². The van der Waals surface area contributed by atoms with Gasteiger partial charge in [-0.05, 0) is 30.7 Å². The van der Waals surface area contributed by atoms with Crippen molar-refractivity contribution in [2.24, 2.45) is 5.10 Å². The molecule has 0 saturated carbocycles. The normalized spacial score (nSPS) is 10.7. The number of nitrogens with zero attached hydrogens (tertiary/aromatic N) is 1. The standard InChI is InChI=1S/C17H16Cl2N2O2/c1-12-4-2-3-5-16(12)23-9-8-17(22)21-20-11-13-6-7-14(18)10-15(13)19/h2-7,10-11H,8-9H2,1H3,(H,21,22)/b20-11+. The first kappa shape index (κ1) is 17.3. The first-order valence-electron chi connectivity index (χ1n) is 7.01. The lowest BCUT2D eigenvalue weighted by Gasteiger charge is -2.07. The highest BCUT2D eigenvalue weighted by molar-refractivity contribution is 6.36. The monoisotopic (exact) mass is 350 g/mol. The molecule has 0 bridgehead atoms. The van der Waals surface area contributed by atoms with Crippen molar-refractivity contribution in [2.75, 3.05) is 6.61 Å². The molecule has 2 aromatic rings. The summed E-state index contributed by atoms with van der Waals surface area (Å²) >= 11 is 11.8. The predicted octanol–water partition coefficient (Wildman–Crippen LogP) is 4.22. The molecule has 0 saturated heterocycles. The third kappa shape index (κ3) is 5.58. The molecule has 6 heteroatoms. The minimum atomic E-state index is -0.236. The molecule has 4 nitrogen and oxygen atoms in total. The Morgan fingerprint density at radius 3 is 2.78 bits per heavy atom. The van der Waals surface area contributed by atoms with Gasteiger partial charge in [-0.3, -0.25) is 4.79 Å². The van der Waals surface area contributed by atoms with E-state index in [-0.39, 0.29) is 18.9 Å². The number of nitrogens with one attached hydrogen (secondary N) is 1. The van der Waals surface area contributed by atoms with E-state index in [4.69, 9.17) is 27.9 Å². The number of halogens is 2. The predicted molar refractivity (Wildman–Crippen MR) is 93.5 cm³/mol. The molecule has 0 heterocycles. The second-order valence-electron chi connectivity index (χ2n) is 4.82. The number of ether oxygens (including phenoxy) is 1. The molecule has 0 spiro atoms. The third-order valence-electron chi connectivity index (χ3n) is 3.04. The Morgan fingerprint density at radius 2 is 2.04 bits per heavy atom. The van der Waals surface area contributed by atoms with Gasteiger partial charge >= 0.3 is 0 Å². The van der Waals surface area contributed by atoms with Crippen LogP contribution in [-0.2, 0) is 4.79 Å². The zero-order valence-electron chi connectivity index (χ0n) is 12.6. The van der Waals surface area contributed by atoms with Gasteiger partial charge in [0.1, 0.15) is 5.75 Å². The van der Waals surface area contributed by atoms with Gasteiger partial charge in [-0.1, -0.05) is 47.5 Å². The summed E-state index contributed by atoms with van der Waals surface area (Å²) in [4.78, 5) is 11.7. The van der Waals surface area contributed by atoms with E-state index in [0.717, 1.165) is 11.3 Å². The van der Waals surface area contributed by atoms with Gasteiger partial charge in [0.25, 0.3) is 0 Å². The van der Waals surface area contributed by atoms with Gasteiger partial charge in [-0.2, -0.15) is 5.10 Å². The maximum absolute atomic E-state index is 11.7. The molecule has 0 aromatic heterocycles. The summed E-state index contributed by atoms with van der Waals surface area (Å²) in [5, 5.41) is 4.88. The highest BCUT2D eigenvalue weighted by Gasteiger charge is 2.03. The molecule has 0 unspecified atom stereocenters.